The first-order valence-corrected chi connectivity index (χ1v) is 12.9. The van der Waals surface area contributed by atoms with Crippen LogP contribution < -0.4 is 21.3 Å². The minimum absolute atomic E-state index is 0.0187. The van der Waals surface area contributed by atoms with E-state index >= 15 is 0 Å². The van der Waals surface area contributed by atoms with Crippen molar-refractivity contribution in [2.75, 3.05) is 16.8 Å². The fraction of sp³-hybridized carbons (Fsp3) is 0.250. The maximum Gasteiger partial charge on any atom is 0.249 e. The molecule has 1 saturated heterocycles. The Morgan fingerprint density at radius 1 is 1.03 bits per heavy atom. The molecule has 0 bridgehead atoms. The number of aliphatic imine (C=N–C) groups is 1. The topological polar surface area (TPSA) is 109 Å². The van der Waals surface area contributed by atoms with Crippen LogP contribution in [0.15, 0.2) is 77.8 Å². The summed E-state index contributed by atoms with van der Waals surface area (Å²) >= 11 is 12.5. The summed E-state index contributed by atoms with van der Waals surface area (Å²) in [6, 6.07) is 22.5. The number of para-hydroxylation sites is 1. The molecule has 2 atom stereocenters. The number of carbonyl (C=O) groups excluding carboxylic acids is 2. The lowest BCUT2D eigenvalue weighted by Gasteiger charge is -2.25. The molecule has 3 aromatic carbocycles. The number of anilines is 2. The molecule has 0 spiro atoms. The monoisotopic (exact) mass is 553 g/mol. The molecular weight excluding hydrogens is 525 g/mol. The van der Waals surface area contributed by atoms with Crippen LogP contribution >= 0.6 is 23.2 Å². The molecule has 0 radical (unpaired) electrons. The van der Waals surface area contributed by atoms with Crippen LogP contribution in [0.2, 0.25) is 10.0 Å². The first-order chi connectivity index (χ1) is 18.3. The lowest BCUT2D eigenvalue weighted by Crippen LogP contribution is -2.48. The molecular formula is C28H29Cl2N5O3. The number of hydrogen-bond acceptors (Lipinski definition) is 5. The molecule has 1 aliphatic heterocycles. The number of nitrogens with zero attached hydrogens (tertiary/aromatic N) is 2. The molecule has 0 aromatic heterocycles. The normalized spacial score (nSPS) is 17.3. The third kappa shape index (κ3) is 7.25. The average Bonchev–Trinajstić information content (AvgIpc) is 3.34. The van der Waals surface area contributed by atoms with Crippen LogP contribution in [-0.4, -0.2) is 36.5 Å². The van der Waals surface area contributed by atoms with Gasteiger partial charge in [-0.2, -0.15) is 0 Å². The fourth-order valence-electron chi connectivity index (χ4n) is 4.30. The van der Waals surface area contributed by atoms with Crippen LogP contribution in [0.25, 0.3) is 0 Å². The maximum absolute atomic E-state index is 13.3. The molecule has 1 heterocycles. The Hall–Kier alpha value is -3.59. The summed E-state index contributed by atoms with van der Waals surface area (Å²) < 4.78 is 6.15. The minimum atomic E-state index is -0.479. The quantitative estimate of drug-likeness (QED) is 0.275. The van der Waals surface area contributed by atoms with E-state index in [0.717, 1.165) is 11.3 Å². The van der Waals surface area contributed by atoms with E-state index in [1.165, 1.54) is 6.92 Å². The van der Waals surface area contributed by atoms with E-state index in [1.54, 1.807) is 12.1 Å². The Balaban J connectivity index is 1.42. The zero-order valence-electron chi connectivity index (χ0n) is 20.9. The highest BCUT2D eigenvalue weighted by molar-refractivity contribution is 6.39. The fourth-order valence-corrected chi connectivity index (χ4v) is 4.92. The van der Waals surface area contributed by atoms with Crippen LogP contribution in [0.5, 0.6) is 0 Å². The molecule has 3 aromatic rings. The molecule has 1 aliphatic rings. The van der Waals surface area contributed by atoms with Crippen LogP contribution in [0.4, 0.5) is 11.4 Å². The van der Waals surface area contributed by atoms with Crippen molar-refractivity contribution in [3.05, 3.63) is 94.0 Å². The SMILES string of the molecule is CC(=O)Nc1c(Cl)cc(CN=C(N)NC(=O)[C@@H]2C[C@@H](OCc3ccccc3)CN2c2ccccc2)cc1Cl. The average molecular weight is 554 g/mol. The van der Waals surface area contributed by atoms with Gasteiger partial charge in [0.1, 0.15) is 6.04 Å². The van der Waals surface area contributed by atoms with Gasteiger partial charge in [0.2, 0.25) is 11.8 Å². The predicted molar refractivity (Wildman–Crippen MR) is 151 cm³/mol. The summed E-state index contributed by atoms with van der Waals surface area (Å²) in [5.41, 5.74) is 9.07. The smallest absolute Gasteiger partial charge is 0.249 e. The molecule has 198 valence electrons. The van der Waals surface area contributed by atoms with Gasteiger partial charge in [-0.05, 0) is 35.4 Å². The van der Waals surface area contributed by atoms with Gasteiger partial charge >= 0.3 is 0 Å². The summed E-state index contributed by atoms with van der Waals surface area (Å²) in [4.78, 5) is 30.9. The van der Waals surface area contributed by atoms with Crippen LogP contribution in [0.3, 0.4) is 0 Å². The van der Waals surface area contributed by atoms with Crippen molar-refractivity contribution < 1.29 is 14.3 Å². The third-order valence-corrected chi connectivity index (χ3v) is 6.66. The van der Waals surface area contributed by atoms with Gasteiger partial charge in [-0.3, -0.25) is 14.9 Å². The summed E-state index contributed by atoms with van der Waals surface area (Å²) in [6.07, 6.45) is 0.382. The lowest BCUT2D eigenvalue weighted by molar-refractivity contribution is -0.121. The van der Waals surface area contributed by atoms with E-state index in [1.807, 2.05) is 65.6 Å². The first kappa shape index (κ1) is 27.4. The molecule has 2 amide bonds. The number of guanidine groups is 1. The van der Waals surface area contributed by atoms with Crippen LogP contribution in [-0.2, 0) is 27.5 Å². The Bertz CT molecular complexity index is 1280. The highest BCUT2D eigenvalue weighted by Crippen LogP contribution is 2.32. The lowest BCUT2D eigenvalue weighted by atomic mass is 10.1. The maximum atomic E-state index is 13.3. The van der Waals surface area contributed by atoms with Crippen molar-refractivity contribution in [1.29, 1.82) is 0 Å². The van der Waals surface area contributed by atoms with Gasteiger partial charge in [-0.15, -0.1) is 0 Å². The highest BCUT2D eigenvalue weighted by Gasteiger charge is 2.37. The van der Waals surface area contributed by atoms with Gasteiger partial charge < -0.3 is 20.7 Å². The summed E-state index contributed by atoms with van der Waals surface area (Å²) in [5, 5.41) is 5.88. The van der Waals surface area contributed by atoms with Gasteiger partial charge in [-0.1, -0.05) is 71.7 Å². The Kier molecular flexibility index (Phi) is 9.23. The van der Waals surface area contributed by atoms with E-state index in [0.29, 0.717) is 30.8 Å². The zero-order chi connectivity index (χ0) is 27.1. The molecule has 0 unspecified atom stereocenters. The summed E-state index contributed by atoms with van der Waals surface area (Å²) in [6.45, 7) is 2.55. The Morgan fingerprint density at radius 3 is 2.29 bits per heavy atom. The number of halogens is 2. The number of rotatable bonds is 8. The van der Waals surface area contributed by atoms with Crippen molar-refractivity contribution in [1.82, 2.24) is 5.32 Å². The van der Waals surface area contributed by atoms with E-state index in [9.17, 15) is 9.59 Å². The first-order valence-electron chi connectivity index (χ1n) is 12.1. The number of ether oxygens (including phenoxy) is 1. The van der Waals surface area contributed by atoms with Crippen molar-refractivity contribution in [3.63, 3.8) is 0 Å². The second-order valence-electron chi connectivity index (χ2n) is 8.96. The molecule has 1 fully saturated rings. The zero-order valence-corrected chi connectivity index (χ0v) is 22.4. The van der Waals surface area contributed by atoms with Gasteiger partial charge in [0, 0.05) is 25.6 Å². The molecule has 4 rings (SSSR count). The number of amides is 2. The highest BCUT2D eigenvalue weighted by atomic mass is 35.5. The Labute approximate surface area is 231 Å². The van der Waals surface area contributed by atoms with E-state index in [-0.39, 0.29) is 40.5 Å². The predicted octanol–water partition coefficient (Wildman–Crippen LogP) is 4.75. The molecule has 10 heteroatoms. The van der Waals surface area contributed by atoms with Crippen molar-refractivity contribution >= 4 is 52.4 Å². The van der Waals surface area contributed by atoms with Gasteiger partial charge in [0.25, 0.3) is 0 Å². The summed E-state index contributed by atoms with van der Waals surface area (Å²) in [5.74, 6) is -0.566. The number of hydrogen-bond donors (Lipinski definition) is 3. The van der Waals surface area contributed by atoms with E-state index < -0.39 is 6.04 Å². The summed E-state index contributed by atoms with van der Waals surface area (Å²) in [7, 11) is 0. The largest absolute Gasteiger partial charge is 0.372 e. The van der Waals surface area contributed by atoms with E-state index in [4.69, 9.17) is 33.7 Å². The van der Waals surface area contributed by atoms with Crippen molar-refractivity contribution in [2.45, 2.75) is 38.6 Å². The molecule has 0 aliphatic carbocycles. The second kappa shape index (κ2) is 12.8. The van der Waals surface area contributed by atoms with E-state index in [2.05, 4.69) is 15.6 Å². The Morgan fingerprint density at radius 2 is 1.66 bits per heavy atom. The number of nitrogens with two attached hydrogens (primary N) is 1. The molecule has 0 saturated carbocycles. The minimum Gasteiger partial charge on any atom is -0.372 e. The number of benzene rings is 3. The molecule has 8 nitrogen and oxygen atoms in total. The van der Waals surface area contributed by atoms with Crippen LogP contribution in [0, 0.1) is 0 Å². The number of carbonyl (C=O) groups is 2. The van der Waals surface area contributed by atoms with Crippen molar-refractivity contribution in [3.8, 4) is 0 Å². The van der Waals surface area contributed by atoms with Crippen molar-refractivity contribution in [2.24, 2.45) is 10.7 Å². The standard InChI is InChI=1S/C28H29Cl2N5O3/c1-18(36)33-26-23(29)12-20(13-24(26)30)15-32-28(31)34-27(37)25-14-22(38-17-19-8-4-2-5-9-19)16-35(25)21-10-6-3-7-11-21/h2-13,22,25H,14-17H2,1H3,(H,33,36)(H3,31,32,34,37)/t22-,25+/m1/s1. The van der Waals surface area contributed by atoms with Gasteiger partial charge in [0.05, 0.1) is 35.0 Å². The molecule has 38 heavy (non-hydrogen) atoms. The third-order valence-electron chi connectivity index (χ3n) is 6.07. The second-order valence-corrected chi connectivity index (χ2v) is 9.78. The van der Waals surface area contributed by atoms with Gasteiger partial charge in [0.15, 0.2) is 5.96 Å². The van der Waals surface area contributed by atoms with Crippen LogP contribution in [0.1, 0.15) is 24.5 Å². The number of nitrogens with one attached hydrogen (secondary N) is 2. The molecule has 4 N–H and O–H groups in total. The van der Waals surface area contributed by atoms with Gasteiger partial charge in [-0.25, -0.2) is 4.99 Å².